The minimum absolute atomic E-state index is 0.133. The molecule has 1 unspecified atom stereocenters. The van der Waals surface area contributed by atoms with Crippen molar-refractivity contribution in [3.8, 4) is 5.82 Å². The van der Waals surface area contributed by atoms with Crippen LogP contribution < -0.4 is 16.0 Å². The van der Waals surface area contributed by atoms with Crippen LogP contribution in [0, 0.1) is 5.92 Å². The number of primary amides is 1. The van der Waals surface area contributed by atoms with Gasteiger partial charge in [-0.25, -0.2) is 14.6 Å². The molecule has 2 atom stereocenters. The first-order valence-corrected chi connectivity index (χ1v) is 17.8. The average molecular weight is 688 g/mol. The number of hydrogen-bond donors (Lipinski definition) is 2. The van der Waals surface area contributed by atoms with E-state index >= 15 is 0 Å². The number of fused-ring (bicyclic) bond motifs is 1. The van der Waals surface area contributed by atoms with E-state index in [0.29, 0.717) is 48.3 Å². The van der Waals surface area contributed by atoms with Gasteiger partial charge in [0.1, 0.15) is 11.7 Å². The van der Waals surface area contributed by atoms with E-state index in [9.17, 15) is 19.2 Å². The number of carbonyl (C=O) groups is 4. The van der Waals surface area contributed by atoms with Crippen LogP contribution in [0.1, 0.15) is 81.3 Å². The lowest BCUT2D eigenvalue weighted by molar-refractivity contribution is -0.136. The van der Waals surface area contributed by atoms with Gasteiger partial charge in [-0.05, 0) is 91.6 Å². The molecular weight excluding hydrogens is 646 g/mol. The van der Waals surface area contributed by atoms with Crippen LogP contribution >= 0.6 is 0 Å². The maximum Gasteiger partial charge on any atom is 0.269 e. The Morgan fingerprint density at radius 1 is 0.980 bits per heavy atom. The molecule has 51 heavy (non-hydrogen) atoms. The smallest absolute Gasteiger partial charge is 0.269 e. The highest BCUT2D eigenvalue weighted by molar-refractivity contribution is 6.05. The molecule has 4 aliphatic heterocycles. The Labute approximate surface area is 295 Å². The second kappa shape index (κ2) is 13.7. The number of nitrogens with one attached hydrogen (secondary N) is 1. The molecule has 4 aromatic rings. The SMILES string of the molecule is NC(=O)c1ncc(-n2cccn2)nc1Cc1ccc(C2CCN(C[C@H]3CCN(c4ccc5c(c4)CN(C4CCC(=O)NC4=O)C5=O)C3)CC2)cc1. The molecule has 3 saturated heterocycles. The number of nitrogens with two attached hydrogens (primary N) is 1. The number of amides is 4. The molecule has 2 aromatic carbocycles. The van der Waals surface area contributed by atoms with E-state index in [2.05, 4.69) is 60.5 Å². The van der Waals surface area contributed by atoms with Crippen LogP contribution in [0.25, 0.3) is 5.82 Å². The van der Waals surface area contributed by atoms with Crippen molar-refractivity contribution in [1.82, 2.24) is 34.9 Å². The third-order valence-electron chi connectivity index (χ3n) is 10.9. The number of hydrogen-bond acceptors (Lipinski definition) is 9. The number of likely N-dealkylation sites (tertiary alicyclic amines) is 1. The monoisotopic (exact) mass is 687 g/mol. The molecule has 13 nitrogen and oxygen atoms in total. The first-order chi connectivity index (χ1) is 24.8. The zero-order chi connectivity index (χ0) is 35.1. The van der Waals surface area contributed by atoms with Gasteiger partial charge >= 0.3 is 0 Å². The number of aromatic nitrogens is 4. The summed E-state index contributed by atoms with van der Waals surface area (Å²) < 4.78 is 1.61. The highest BCUT2D eigenvalue weighted by Crippen LogP contribution is 2.34. The average Bonchev–Trinajstić information content (AvgIpc) is 3.90. The van der Waals surface area contributed by atoms with Crippen molar-refractivity contribution in [1.29, 1.82) is 0 Å². The van der Waals surface area contributed by atoms with Crippen molar-refractivity contribution in [3.63, 3.8) is 0 Å². The summed E-state index contributed by atoms with van der Waals surface area (Å²) in [5, 5.41) is 6.59. The van der Waals surface area contributed by atoms with Crippen molar-refractivity contribution in [2.24, 2.45) is 11.7 Å². The molecule has 13 heteroatoms. The third kappa shape index (κ3) is 6.73. The van der Waals surface area contributed by atoms with Gasteiger partial charge in [0.25, 0.3) is 11.8 Å². The van der Waals surface area contributed by atoms with Crippen molar-refractivity contribution in [2.75, 3.05) is 37.6 Å². The summed E-state index contributed by atoms with van der Waals surface area (Å²) in [4.78, 5) is 64.8. The molecule has 0 saturated carbocycles. The molecule has 0 aliphatic carbocycles. The molecule has 262 valence electrons. The number of anilines is 1. The van der Waals surface area contributed by atoms with E-state index in [-0.39, 0.29) is 29.8 Å². The van der Waals surface area contributed by atoms with Gasteiger partial charge in [0, 0.05) is 62.7 Å². The van der Waals surface area contributed by atoms with Crippen LogP contribution in [0.3, 0.4) is 0 Å². The predicted molar refractivity (Wildman–Crippen MR) is 188 cm³/mol. The van der Waals surface area contributed by atoms with Crippen molar-refractivity contribution in [3.05, 3.63) is 101 Å². The topological polar surface area (TPSA) is 160 Å². The zero-order valence-corrected chi connectivity index (χ0v) is 28.4. The van der Waals surface area contributed by atoms with E-state index in [1.54, 1.807) is 28.0 Å². The number of carbonyl (C=O) groups excluding carboxylic acids is 4. The lowest BCUT2D eigenvalue weighted by Gasteiger charge is -2.34. The summed E-state index contributed by atoms with van der Waals surface area (Å²) in [6.45, 7) is 5.58. The normalized spacial score (nSPS) is 21.3. The molecule has 6 heterocycles. The second-order valence-corrected chi connectivity index (χ2v) is 14.2. The van der Waals surface area contributed by atoms with Gasteiger partial charge in [0.15, 0.2) is 5.82 Å². The standard InChI is InChI=1S/C38H41N9O4/c39-36(49)35-31(42-33(20-40-35)47-14-1-13-41-47)18-24-2-4-26(5-3-24)27-11-15-44(16-12-27)21-25-10-17-45(22-25)29-6-7-30-28(19-29)23-46(38(30)51)32-8-9-34(48)43-37(32)50/h1-7,13-14,19-20,25,27,32H,8-12,15-18,21-23H2,(H2,39,49)(H,43,48,50)/t25-,32?/m1/s1. The summed E-state index contributed by atoms with van der Waals surface area (Å²) >= 11 is 0. The van der Waals surface area contributed by atoms with Gasteiger partial charge in [0.2, 0.25) is 11.8 Å². The van der Waals surface area contributed by atoms with Crippen LogP contribution in [0.4, 0.5) is 5.69 Å². The van der Waals surface area contributed by atoms with Gasteiger partial charge in [-0.15, -0.1) is 0 Å². The fourth-order valence-electron chi connectivity index (χ4n) is 8.15. The highest BCUT2D eigenvalue weighted by Gasteiger charge is 2.39. The minimum atomic E-state index is -0.598. The minimum Gasteiger partial charge on any atom is -0.371 e. The third-order valence-corrected chi connectivity index (χ3v) is 10.9. The van der Waals surface area contributed by atoms with Gasteiger partial charge in [-0.3, -0.25) is 24.5 Å². The molecule has 2 aromatic heterocycles. The molecule has 0 spiro atoms. The molecule has 0 bridgehead atoms. The molecule has 3 fully saturated rings. The second-order valence-electron chi connectivity index (χ2n) is 14.2. The summed E-state index contributed by atoms with van der Waals surface area (Å²) in [6.07, 6.45) is 9.38. The maximum atomic E-state index is 13.1. The Morgan fingerprint density at radius 3 is 2.55 bits per heavy atom. The van der Waals surface area contributed by atoms with Crippen LogP contribution in [0.15, 0.2) is 67.1 Å². The highest BCUT2D eigenvalue weighted by atomic mass is 16.2. The largest absolute Gasteiger partial charge is 0.371 e. The van der Waals surface area contributed by atoms with E-state index in [1.807, 2.05) is 12.1 Å². The quantitative estimate of drug-likeness (QED) is 0.252. The van der Waals surface area contributed by atoms with Gasteiger partial charge in [-0.1, -0.05) is 24.3 Å². The Balaban J connectivity index is 0.830. The van der Waals surface area contributed by atoms with Crippen LogP contribution in [-0.2, 0) is 22.6 Å². The van der Waals surface area contributed by atoms with Gasteiger partial charge in [0.05, 0.1) is 11.9 Å². The summed E-state index contributed by atoms with van der Waals surface area (Å²) in [7, 11) is 0. The number of imide groups is 1. The predicted octanol–water partition coefficient (Wildman–Crippen LogP) is 2.82. The number of piperidine rings is 2. The first kappa shape index (κ1) is 32.8. The summed E-state index contributed by atoms with van der Waals surface area (Å²) in [5.41, 5.74) is 11.4. The Morgan fingerprint density at radius 2 is 1.80 bits per heavy atom. The van der Waals surface area contributed by atoms with Crippen molar-refractivity contribution >= 4 is 29.3 Å². The lowest BCUT2D eigenvalue weighted by atomic mass is 9.88. The Hall–Kier alpha value is -5.43. The Kier molecular flexibility index (Phi) is 8.80. The maximum absolute atomic E-state index is 13.1. The van der Waals surface area contributed by atoms with E-state index in [0.717, 1.165) is 68.8 Å². The fourth-order valence-corrected chi connectivity index (χ4v) is 8.15. The zero-order valence-electron chi connectivity index (χ0n) is 28.4. The van der Waals surface area contributed by atoms with Crippen LogP contribution in [0.5, 0.6) is 0 Å². The van der Waals surface area contributed by atoms with E-state index < -0.39 is 11.9 Å². The van der Waals surface area contributed by atoms with E-state index in [4.69, 9.17) is 5.73 Å². The molecule has 8 rings (SSSR count). The van der Waals surface area contributed by atoms with Crippen molar-refractivity contribution < 1.29 is 19.2 Å². The van der Waals surface area contributed by atoms with Gasteiger partial charge < -0.3 is 20.4 Å². The number of benzene rings is 2. The lowest BCUT2D eigenvalue weighted by Crippen LogP contribution is -2.52. The van der Waals surface area contributed by atoms with E-state index in [1.165, 1.54) is 11.8 Å². The molecule has 0 radical (unpaired) electrons. The fraction of sp³-hybridized carbons (Fsp3) is 0.395. The Bertz CT molecular complexity index is 1970. The first-order valence-electron chi connectivity index (χ1n) is 17.8. The van der Waals surface area contributed by atoms with Crippen LogP contribution in [-0.4, -0.2) is 91.9 Å². The molecule has 4 aliphatic rings. The molecule has 3 N–H and O–H groups in total. The summed E-state index contributed by atoms with van der Waals surface area (Å²) in [6, 6.07) is 15.9. The number of rotatable bonds is 9. The van der Waals surface area contributed by atoms with Crippen molar-refractivity contribution in [2.45, 2.75) is 57.0 Å². The van der Waals surface area contributed by atoms with Crippen LogP contribution in [0.2, 0.25) is 0 Å². The van der Waals surface area contributed by atoms with Gasteiger partial charge in [-0.2, -0.15) is 5.10 Å². The summed E-state index contributed by atoms with van der Waals surface area (Å²) in [5.74, 6) is 0.236. The number of nitrogens with zero attached hydrogens (tertiary/aromatic N) is 7. The molecule has 4 amide bonds. The molecular formula is C38H41N9O4.